The highest BCUT2D eigenvalue weighted by Gasteiger charge is 2.21. The van der Waals surface area contributed by atoms with E-state index >= 15 is 0 Å². The standard InChI is InChI=1S/C9H14N4O3/c1-2-15-9(14)8-10-12-13(11-8)7-5-3-4-6-16-7/h7H,2-6H2,1H3. The SMILES string of the molecule is CCOC(=O)c1nnn(C2CCCCO2)n1. The number of nitrogens with zero attached hydrogens (tertiary/aromatic N) is 4. The van der Waals surface area contributed by atoms with E-state index in [-0.39, 0.29) is 12.1 Å². The summed E-state index contributed by atoms with van der Waals surface area (Å²) < 4.78 is 10.2. The maximum atomic E-state index is 11.3. The summed E-state index contributed by atoms with van der Waals surface area (Å²) in [5, 5.41) is 11.4. The maximum absolute atomic E-state index is 11.3. The lowest BCUT2D eigenvalue weighted by atomic mass is 10.2. The monoisotopic (exact) mass is 226 g/mol. The Labute approximate surface area is 92.7 Å². The first kappa shape index (κ1) is 11.0. The van der Waals surface area contributed by atoms with Crippen LogP contribution in [0.3, 0.4) is 0 Å². The van der Waals surface area contributed by atoms with E-state index in [9.17, 15) is 4.79 Å². The van der Waals surface area contributed by atoms with Crippen LogP contribution in [0.15, 0.2) is 0 Å². The molecule has 16 heavy (non-hydrogen) atoms. The first-order valence-electron chi connectivity index (χ1n) is 5.39. The molecule has 0 aromatic carbocycles. The molecule has 1 fully saturated rings. The molecule has 1 aromatic rings. The summed E-state index contributed by atoms with van der Waals surface area (Å²) in [4.78, 5) is 12.6. The summed E-state index contributed by atoms with van der Waals surface area (Å²) in [5.41, 5.74) is 0. The van der Waals surface area contributed by atoms with Crippen molar-refractivity contribution in [2.24, 2.45) is 0 Å². The van der Waals surface area contributed by atoms with Gasteiger partial charge in [-0.3, -0.25) is 0 Å². The lowest BCUT2D eigenvalue weighted by Crippen LogP contribution is -2.20. The van der Waals surface area contributed by atoms with Crippen molar-refractivity contribution in [3.05, 3.63) is 5.82 Å². The summed E-state index contributed by atoms with van der Waals surface area (Å²) >= 11 is 0. The van der Waals surface area contributed by atoms with Crippen LogP contribution in [-0.4, -0.2) is 39.4 Å². The van der Waals surface area contributed by atoms with Crippen molar-refractivity contribution in [1.82, 2.24) is 20.2 Å². The van der Waals surface area contributed by atoms with E-state index in [4.69, 9.17) is 9.47 Å². The van der Waals surface area contributed by atoms with Gasteiger partial charge in [-0.1, -0.05) is 0 Å². The number of rotatable bonds is 3. The number of ether oxygens (including phenoxy) is 2. The minimum absolute atomic E-state index is 0.0176. The van der Waals surface area contributed by atoms with E-state index in [1.165, 1.54) is 4.80 Å². The molecule has 1 aliphatic heterocycles. The first-order valence-corrected chi connectivity index (χ1v) is 5.39. The van der Waals surface area contributed by atoms with E-state index in [1.54, 1.807) is 6.92 Å². The second-order valence-electron chi connectivity index (χ2n) is 3.48. The van der Waals surface area contributed by atoms with Crippen molar-refractivity contribution < 1.29 is 14.3 Å². The molecule has 0 saturated carbocycles. The van der Waals surface area contributed by atoms with Gasteiger partial charge in [0.2, 0.25) is 0 Å². The zero-order valence-corrected chi connectivity index (χ0v) is 9.13. The number of tetrazole rings is 1. The predicted octanol–water partition coefficient (Wildman–Crippen LogP) is 0.549. The van der Waals surface area contributed by atoms with Crippen LogP contribution in [0.25, 0.3) is 0 Å². The molecule has 0 spiro atoms. The Kier molecular flexibility index (Phi) is 3.45. The molecule has 0 bridgehead atoms. The van der Waals surface area contributed by atoms with E-state index in [0.717, 1.165) is 19.3 Å². The quantitative estimate of drug-likeness (QED) is 0.700. The van der Waals surface area contributed by atoms with Crippen LogP contribution in [0.5, 0.6) is 0 Å². The van der Waals surface area contributed by atoms with Crippen LogP contribution in [0.1, 0.15) is 43.0 Å². The van der Waals surface area contributed by atoms with Gasteiger partial charge in [-0.2, -0.15) is 0 Å². The summed E-state index contributed by atoms with van der Waals surface area (Å²) in [6.07, 6.45) is 2.76. The smallest absolute Gasteiger partial charge is 0.380 e. The fourth-order valence-electron chi connectivity index (χ4n) is 1.53. The largest absolute Gasteiger partial charge is 0.460 e. The first-order chi connectivity index (χ1) is 7.81. The number of carbonyl (C=O) groups excluding carboxylic acids is 1. The fourth-order valence-corrected chi connectivity index (χ4v) is 1.53. The normalized spacial score (nSPS) is 20.7. The van der Waals surface area contributed by atoms with Crippen molar-refractivity contribution in [2.45, 2.75) is 32.4 Å². The van der Waals surface area contributed by atoms with Gasteiger partial charge in [0.1, 0.15) is 0 Å². The molecule has 2 heterocycles. The van der Waals surface area contributed by atoms with Crippen molar-refractivity contribution in [3.8, 4) is 0 Å². The zero-order valence-electron chi connectivity index (χ0n) is 9.13. The highest BCUT2D eigenvalue weighted by Crippen LogP contribution is 2.20. The van der Waals surface area contributed by atoms with E-state index < -0.39 is 5.97 Å². The molecule has 1 aromatic heterocycles. The van der Waals surface area contributed by atoms with Crippen LogP contribution in [0.4, 0.5) is 0 Å². The van der Waals surface area contributed by atoms with Crippen molar-refractivity contribution in [2.75, 3.05) is 13.2 Å². The van der Waals surface area contributed by atoms with Gasteiger partial charge in [-0.05, 0) is 31.4 Å². The highest BCUT2D eigenvalue weighted by molar-refractivity contribution is 5.84. The molecule has 0 radical (unpaired) electrons. The summed E-state index contributed by atoms with van der Waals surface area (Å²) in [6, 6.07) is 0. The minimum Gasteiger partial charge on any atom is -0.460 e. The Hall–Kier alpha value is -1.50. The van der Waals surface area contributed by atoms with Gasteiger partial charge in [0.25, 0.3) is 5.82 Å². The molecule has 0 N–H and O–H groups in total. The molecule has 1 unspecified atom stereocenters. The average molecular weight is 226 g/mol. The fraction of sp³-hybridized carbons (Fsp3) is 0.778. The van der Waals surface area contributed by atoms with E-state index in [0.29, 0.717) is 13.2 Å². The van der Waals surface area contributed by atoms with Gasteiger partial charge in [0.15, 0.2) is 6.23 Å². The molecule has 0 aliphatic carbocycles. The lowest BCUT2D eigenvalue weighted by molar-refractivity contribution is -0.0490. The van der Waals surface area contributed by atoms with Crippen LogP contribution in [-0.2, 0) is 9.47 Å². The van der Waals surface area contributed by atoms with Gasteiger partial charge in [0.05, 0.1) is 6.61 Å². The second-order valence-corrected chi connectivity index (χ2v) is 3.48. The molecule has 88 valence electrons. The minimum atomic E-state index is -0.551. The van der Waals surface area contributed by atoms with E-state index in [2.05, 4.69) is 15.4 Å². The number of aromatic nitrogens is 4. The van der Waals surface area contributed by atoms with Gasteiger partial charge in [0, 0.05) is 6.61 Å². The van der Waals surface area contributed by atoms with E-state index in [1.807, 2.05) is 0 Å². The molecule has 1 saturated heterocycles. The Balaban J connectivity index is 2.03. The van der Waals surface area contributed by atoms with Crippen molar-refractivity contribution in [1.29, 1.82) is 0 Å². The van der Waals surface area contributed by atoms with Gasteiger partial charge in [-0.15, -0.1) is 15.0 Å². The average Bonchev–Trinajstić information content (AvgIpc) is 2.80. The number of hydrogen-bond acceptors (Lipinski definition) is 6. The molecule has 1 aliphatic rings. The predicted molar refractivity (Wildman–Crippen MR) is 52.6 cm³/mol. The Morgan fingerprint density at radius 2 is 2.50 bits per heavy atom. The van der Waals surface area contributed by atoms with Crippen LogP contribution < -0.4 is 0 Å². The summed E-state index contributed by atoms with van der Waals surface area (Å²) in [6.45, 7) is 2.72. The Morgan fingerprint density at radius 3 is 3.19 bits per heavy atom. The third-order valence-corrected chi connectivity index (χ3v) is 2.30. The third-order valence-electron chi connectivity index (χ3n) is 2.30. The van der Waals surface area contributed by atoms with Crippen molar-refractivity contribution in [3.63, 3.8) is 0 Å². The van der Waals surface area contributed by atoms with Gasteiger partial charge in [-0.25, -0.2) is 4.79 Å². The second kappa shape index (κ2) is 5.02. The molecule has 1 atom stereocenters. The number of hydrogen-bond donors (Lipinski definition) is 0. The van der Waals surface area contributed by atoms with Gasteiger partial charge < -0.3 is 9.47 Å². The van der Waals surface area contributed by atoms with Crippen LogP contribution in [0.2, 0.25) is 0 Å². The molecular formula is C9H14N4O3. The molecular weight excluding hydrogens is 212 g/mol. The summed E-state index contributed by atoms with van der Waals surface area (Å²) in [5.74, 6) is -0.569. The lowest BCUT2D eigenvalue weighted by Gasteiger charge is -2.20. The number of carbonyl (C=O) groups is 1. The van der Waals surface area contributed by atoms with Crippen molar-refractivity contribution >= 4 is 5.97 Å². The van der Waals surface area contributed by atoms with Crippen LogP contribution >= 0.6 is 0 Å². The topological polar surface area (TPSA) is 79.1 Å². The molecule has 7 heteroatoms. The molecule has 7 nitrogen and oxygen atoms in total. The van der Waals surface area contributed by atoms with Gasteiger partial charge >= 0.3 is 5.97 Å². The molecule has 0 amide bonds. The summed E-state index contributed by atoms with van der Waals surface area (Å²) in [7, 11) is 0. The highest BCUT2D eigenvalue weighted by atomic mass is 16.5. The third kappa shape index (κ3) is 2.35. The Bertz CT molecular complexity index is 359. The zero-order chi connectivity index (χ0) is 11.4. The Morgan fingerprint density at radius 1 is 1.62 bits per heavy atom. The maximum Gasteiger partial charge on any atom is 0.380 e. The van der Waals surface area contributed by atoms with Crippen LogP contribution in [0, 0.1) is 0 Å². The number of esters is 1. The molecule has 2 rings (SSSR count).